The number of halogens is 1. The molecule has 110 valence electrons. The van der Waals surface area contributed by atoms with Crippen LogP contribution in [0.1, 0.15) is 55.8 Å². The van der Waals surface area contributed by atoms with E-state index >= 15 is 0 Å². The number of hydrogen-bond donors (Lipinski definition) is 2. The van der Waals surface area contributed by atoms with Crippen LogP contribution < -0.4 is 11.1 Å². The van der Waals surface area contributed by atoms with E-state index in [4.69, 9.17) is 5.73 Å². The third-order valence-electron chi connectivity index (χ3n) is 4.27. The number of rotatable bonds is 4. The SMILES string of the molecule is CCC1CCCC(Nc2ccc(F)c(C(N)=O)c2)CC1. The monoisotopic (exact) mass is 278 g/mol. The quantitative estimate of drug-likeness (QED) is 0.825. The van der Waals surface area contributed by atoms with Gasteiger partial charge in [-0.25, -0.2) is 4.39 Å². The lowest BCUT2D eigenvalue weighted by atomic mass is 9.98. The molecule has 1 amide bonds. The van der Waals surface area contributed by atoms with Crippen LogP contribution >= 0.6 is 0 Å². The van der Waals surface area contributed by atoms with Crippen LogP contribution in [0.25, 0.3) is 0 Å². The van der Waals surface area contributed by atoms with Crippen LogP contribution in [-0.2, 0) is 0 Å². The maximum atomic E-state index is 13.4. The molecule has 1 aliphatic rings. The fraction of sp³-hybridized carbons (Fsp3) is 0.562. The first kappa shape index (κ1) is 14.8. The van der Waals surface area contributed by atoms with Crippen molar-refractivity contribution < 1.29 is 9.18 Å². The van der Waals surface area contributed by atoms with Gasteiger partial charge in [0.1, 0.15) is 5.82 Å². The van der Waals surface area contributed by atoms with Gasteiger partial charge in [-0.15, -0.1) is 0 Å². The predicted octanol–water partition coefficient (Wildman–Crippen LogP) is 3.70. The second-order valence-corrected chi connectivity index (χ2v) is 5.68. The zero-order chi connectivity index (χ0) is 14.5. The first-order valence-electron chi connectivity index (χ1n) is 7.46. The topological polar surface area (TPSA) is 55.1 Å². The van der Waals surface area contributed by atoms with Crippen molar-refractivity contribution in [2.75, 3.05) is 5.32 Å². The summed E-state index contributed by atoms with van der Waals surface area (Å²) in [4.78, 5) is 11.2. The minimum Gasteiger partial charge on any atom is -0.382 e. The van der Waals surface area contributed by atoms with Crippen LogP contribution in [0.4, 0.5) is 10.1 Å². The van der Waals surface area contributed by atoms with Crippen molar-refractivity contribution in [2.24, 2.45) is 11.7 Å². The zero-order valence-corrected chi connectivity index (χ0v) is 12.0. The van der Waals surface area contributed by atoms with Crippen molar-refractivity contribution in [2.45, 2.75) is 51.5 Å². The molecule has 1 saturated carbocycles. The van der Waals surface area contributed by atoms with Gasteiger partial charge in [0.05, 0.1) is 5.56 Å². The number of benzene rings is 1. The molecule has 0 aliphatic heterocycles. The molecule has 0 radical (unpaired) electrons. The molecule has 1 aliphatic carbocycles. The molecule has 20 heavy (non-hydrogen) atoms. The Morgan fingerprint density at radius 3 is 2.85 bits per heavy atom. The Labute approximate surface area is 119 Å². The number of hydrogen-bond acceptors (Lipinski definition) is 2. The summed E-state index contributed by atoms with van der Waals surface area (Å²) in [6, 6.07) is 4.88. The van der Waals surface area contributed by atoms with E-state index < -0.39 is 11.7 Å². The van der Waals surface area contributed by atoms with E-state index in [0.29, 0.717) is 6.04 Å². The van der Waals surface area contributed by atoms with E-state index in [1.54, 1.807) is 6.07 Å². The average Bonchev–Trinajstić information content (AvgIpc) is 2.66. The highest BCUT2D eigenvalue weighted by molar-refractivity contribution is 5.94. The highest BCUT2D eigenvalue weighted by Gasteiger charge is 2.18. The van der Waals surface area contributed by atoms with E-state index in [2.05, 4.69) is 12.2 Å². The van der Waals surface area contributed by atoms with Crippen molar-refractivity contribution in [1.29, 1.82) is 0 Å². The number of primary amides is 1. The summed E-state index contributed by atoms with van der Waals surface area (Å²) < 4.78 is 13.4. The third kappa shape index (κ3) is 3.71. The van der Waals surface area contributed by atoms with Crippen molar-refractivity contribution in [3.8, 4) is 0 Å². The highest BCUT2D eigenvalue weighted by Crippen LogP contribution is 2.27. The van der Waals surface area contributed by atoms with Crippen molar-refractivity contribution >= 4 is 11.6 Å². The van der Waals surface area contributed by atoms with Crippen LogP contribution in [0.15, 0.2) is 18.2 Å². The number of carbonyl (C=O) groups is 1. The summed E-state index contributed by atoms with van der Waals surface area (Å²) in [5, 5.41) is 3.41. The Hall–Kier alpha value is -1.58. The van der Waals surface area contributed by atoms with Crippen molar-refractivity contribution in [1.82, 2.24) is 0 Å². The summed E-state index contributed by atoms with van der Waals surface area (Å²) >= 11 is 0. The van der Waals surface area contributed by atoms with Gasteiger partial charge in [0.25, 0.3) is 5.91 Å². The maximum absolute atomic E-state index is 13.4. The third-order valence-corrected chi connectivity index (χ3v) is 4.27. The van der Waals surface area contributed by atoms with Crippen LogP contribution in [-0.4, -0.2) is 11.9 Å². The van der Waals surface area contributed by atoms with Crippen LogP contribution in [0.5, 0.6) is 0 Å². The lowest BCUT2D eigenvalue weighted by Crippen LogP contribution is -2.19. The van der Waals surface area contributed by atoms with Crippen LogP contribution in [0.3, 0.4) is 0 Å². The molecule has 2 atom stereocenters. The minimum absolute atomic E-state index is 0.0462. The second kappa shape index (κ2) is 6.73. The highest BCUT2D eigenvalue weighted by atomic mass is 19.1. The number of carbonyl (C=O) groups excluding carboxylic acids is 1. The van der Waals surface area contributed by atoms with E-state index in [1.807, 2.05) is 0 Å². The molecule has 3 N–H and O–H groups in total. The summed E-state index contributed by atoms with van der Waals surface area (Å²) in [7, 11) is 0. The van der Waals surface area contributed by atoms with Gasteiger partial charge in [-0.1, -0.05) is 26.2 Å². The van der Waals surface area contributed by atoms with Gasteiger partial charge in [-0.05, 0) is 43.4 Å². The summed E-state index contributed by atoms with van der Waals surface area (Å²) in [6.07, 6.45) is 7.25. The van der Waals surface area contributed by atoms with E-state index in [1.165, 1.54) is 37.8 Å². The predicted molar refractivity (Wildman–Crippen MR) is 79.2 cm³/mol. The molecule has 4 heteroatoms. The molecule has 0 heterocycles. The average molecular weight is 278 g/mol. The Bertz CT molecular complexity index is 476. The molecular formula is C16H23FN2O. The first-order valence-corrected chi connectivity index (χ1v) is 7.46. The standard InChI is InChI=1S/C16H23FN2O/c1-2-11-4-3-5-12(7-6-11)19-13-8-9-15(17)14(10-13)16(18)20/h8-12,19H,2-7H2,1H3,(H2,18,20). The Kier molecular flexibility index (Phi) is 4.99. The first-order chi connectivity index (χ1) is 9.60. The van der Waals surface area contributed by atoms with Crippen molar-refractivity contribution in [3.63, 3.8) is 0 Å². The summed E-state index contributed by atoms with van der Waals surface area (Å²) in [5.74, 6) is -0.454. The second-order valence-electron chi connectivity index (χ2n) is 5.68. The van der Waals surface area contributed by atoms with Gasteiger partial charge in [-0.3, -0.25) is 4.79 Å². The molecule has 1 aromatic rings. The molecule has 2 unspecified atom stereocenters. The largest absolute Gasteiger partial charge is 0.382 e. The summed E-state index contributed by atoms with van der Waals surface area (Å²) in [5.41, 5.74) is 5.90. The Morgan fingerprint density at radius 2 is 2.15 bits per heavy atom. The molecule has 3 nitrogen and oxygen atoms in total. The minimum atomic E-state index is -0.724. The van der Waals surface area contributed by atoms with Gasteiger partial charge >= 0.3 is 0 Å². The van der Waals surface area contributed by atoms with E-state index in [-0.39, 0.29) is 5.56 Å². The molecule has 0 bridgehead atoms. The van der Waals surface area contributed by atoms with Crippen molar-refractivity contribution in [3.05, 3.63) is 29.6 Å². The van der Waals surface area contributed by atoms with Gasteiger partial charge in [0.2, 0.25) is 0 Å². The van der Waals surface area contributed by atoms with E-state index in [0.717, 1.165) is 24.4 Å². The molecule has 0 saturated heterocycles. The maximum Gasteiger partial charge on any atom is 0.251 e. The number of anilines is 1. The number of nitrogens with two attached hydrogens (primary N) is 1. The number of nitrogens with one attached hydrogen (secondary N) is 1. The zero-order valence-electron chi connectivity index (χ0n) is 12.0. The van der Waals surface area contributed by atoms with Gasteiger partial charge in [0, 0.05) is 11.7 Å². The molecular weight excluding hydrogens is 255 g/mol. The Morgan fingerprint density at radius 1 is 1.35 bits per heavy atom. The molecule has 1 fully saturated rings. The van der Waals surface area contributed by atoms with Gasteiger partial charge in [0.15, 0.2) is 0 Å². The Balaban J connectivity index is 2.02. The molecule has 1 aromatic carbocycles. The smallest absolute Gasteiger partial charge is 0.251 e. The lowest BCUT2D eigenvalue weighted by Gasteiger charge is -2.18. The lowest BCUT2D eigenvalue weighted by molar-refractivity contribution is 0.0996. The summed E-state index contributed by atoms with van der Waals surface area (Å²) in [6.45, 7) is 2.25. The van der Waals surface area contributed by atoms with E-state index in [9.17, 15) is 9.18 Å². The molecule has 0 aromatic heterocycles. The normalized spacial score (nSPS) is 23.1. The fourth-order valence-corrected chi connectivity index (χ4v) is 2.97. The van der Waals surface area contributed by atoms with Gasteiger partial charge in [-0.2, -0.15) is 0 Å². The van der Waals surface area contributed by atoms with Gasteiger partial charge < -0.3 is 11.1 Å². The number of amides is 1. The van der Waals surface area contributed by atoms with Crippen LogP contribution in [0, 0.1) is 11.7 Å². The molecule has 2 rings (SSSR count). The molecule has 0 spiro atoms. The fourth-order valence-electron chi connectivity index (χ4n) is 2.97. The van der Waals surface area contributed by atoms with Crippen LogP contribution in [0.2, 0.25) is 0 Å².